The summed E-state index contributed by atoms with van der Waals surface area (Å²) in [6.45, 7) is 2.17. The summed E-state index contributed by atoms with van der Waals surface area (Å²) >= 11 is 0. The van der Waals surface area contributed by atoms with Crippen LogP contribution in [0.3, 0.4) is 0 Å². The minimum atomic E-state index is 0.119. The topological polar surface area (TPSA) is 9.72 Å². The van der Waals surface area contributed by atoms with Crippen molar-refractivity contribution in [2.24, 2.45) is 0 Å². The van der Waals surface area contributed by atoms with Crippen LogP contribution in [0.4, 0.5) is 11.4 Å². The number of para-hydroxylation sites is 2. The molecule has 1 radical (unpaired) electrons. The number of nitrogens with zero attached hydrogens (tertiary/aromatic N) is 3. The summed E-state index contributed by atoms with van der Waals surface area (Å²) in [7, 11) is 2.13. The predicted octanol–water partition coefficient (Wildman–Crippen LogP) is 4.68. The summed E-state index contributed by atoms with van der Waals surface area (Å²) < 4.78 is 0. The molecule has 3 nitrogen and oxygen atoms in total. The van der Waals surface area contributed by atoms with Gasteiger partial charge in [-0.1, -0.05) is 66.7 Å². The van der Waals surface area contributed by atoms with Gasteiger partial charge in [-0.2, -0.15) is 5.01 Å². The summed E-state index contributed by atoms with van der Waals surface area (Å²) in [6, 6.07) is 31.6. The molecule has 119 valence electrons. The Morgan fingerprint density at radius 1 is 0.625 bits per heavy atom. The molecule has 4 rings (SSSR count). The number of anilines is 2. The van der Waals surface area contributed by atoms with Gasteiger partial charge in [-0.3, -0.25) is 5.01 Å². The lowest BCUT2D eigenvalue weighted by Gasteiger charge is -2.30. The molecular weight excluding hydrogens is 294 g/mol. The molecule has 3 heteroatoms. The van der Waals surface area contributed by atoms with E-state index in [4.69, 9.17) is 0 Å². The zero-order chi connectivity index (χ0) is 16.4. The van der Waals surface area contributed by atoms with Gasteiger partial charge in [0, 0.05) is 12.7 Å². The van der Waals surface area contributed by atoms with Gasteiger partial charge in [0.05, 0.1) is 5.69 Å². The lowest BCUT2D eigenvalue weighted by atomic mass is 10.1. The van der Waals surface area contributed by atoms with Gasteiger partial charge in [0.15, 0.2) is 6.67 Å². The molecule has 3 aromatic rings. The highest BCUT2D eigenvalue weighted by Crippen LogP contribution is 2.39. The Hall–Kier alpha value is -2.78. The molecule has 1 fully saturated rings. The number of rotatable bonds is 3. The minimum absolute atomic E-state index is 0.119. The molecule has 0 saturated carbocycles. The van der Waals surface area contributed by atoms with Crippen LogP contribution in [-0.4, -0.2) is 12.1 Å². The second-order valence-corrected chi connectivity index (χ2v) is 5.90. The molecule has 0 aromatic heterocycles. The fraction of sp³-hybridized carbons (Fsp3) is 0.0952. The van der Waals surface area contributed by atoms with Gasteiger partial charge in [-0.25, -0.2) is 0 Å². The smallest absolute Gasteiger partial charge is 0.159 e. The normalized spacial score (nSPS) is 18.1. The second-order valence-electron chi connectivity index (χ2n) is 5.90. The second kappa shape index (κ2) is 6.38. The van der Waals surface area contributed by atoms with E-state index in [1.54, 1.807) is 0 Å². The molecule has 1 aliphatic rings. The molecule has 0 aliphatic carbocycles. The molecule has 3 aromatic carbocycles. The fourth-order valence-corrected chi connectivity index (χ4v) is 3.20. The lowest BCUT2D eigenvalue weighted by Crippen LogP contribution is -2.33. The Kier molecular flexibility index (Phi) is 3.93. The average molecular weight is 314 g/mol. The van der Waals surface area contributed by atoms with E-state index >= 15 is 0 Å². The number of hydrogen-bond donors (Lipinski definition) is 0. The third-order valence-electron chi connectivity index (χ3n) is 4.36. The molecule has 1 unspecified atom stereocenters. The summed E-state index contributed by atoms with van der Waals surface area (Å²) in [5, 5.41) is 4.46. The van der Waals surface area contributed by atoms with Gasteiger partial charge in [-0.05, 0) is 29.8 Å². The van der Waals surface area contributed by atoms with Crippen LogP contribution < -0.4 is 9.91 Å². The largest absolute Gasteiger partial charge is 0.325 e. The Bertz CT molecular complexity index is 774. The lowest BCUT2D eigenvalue weighted by molar-refractivity contribution is 0.294. The van der Waals surface area contributed by atoms with Crippen LogP contribution in [0.15, 0.2) is 91.0 Å². The number of benzene rings is 3. The zero-order valence-corrected chi connectivity index (χ0v) is 13.7. The molecule has 0 N–H and O–H groups in total. The Balaban J connectivity index is 1.76. The third kappa shape index (κ3) is 2.63. The SMILES string of the molecule is CN1C(c2ccccc2)N(c2ccccc2)[CH]N1c1ccccc1. The molecule has 24 heavy (non-hydrogen) atoms. The summed E-state index contributed by atoms with van der Waals surface area (Å²) in [6.07, 6.45) is 0.119. The van der Waals surface area contributed by atoms with Crippen molar-refractivity contribution in [1.29, 1.82) is 0 Å². The highest BCUT2D eigenvalue weighted by atomic mass is 15.8. The van der Waals surface area contributed by atoms with Gasteiger partial charge in [0.25, 0.3) is 0 Å². The third-order valence-corrected chi connectivity index (χ3v) is 4.36. The highest BCUT2D eigenvalue weighted by Gasteiger charge is 2.37. The van der Waals surface area contributed by atoms with E-state index in [1.165, 1.54) is 11.3 Å². The first-order valence-corrected chi connectivity index (χ1v) is 8.15. The average Bonchev–Trinajstić information content (AvgIpc) is 3.01. The molecule has 1 aliphatic heterocycles. The van der Waals surface area contributed by atoms with Crippen molar-refractivity contribution in [2.45, 2.75) is 6.17 Å². The quantitative estimate of drug-likeness (QED) is 0.695. The first-order chi connectivity index (χ1) is 11.8. The Morgan fingerprint density at radius 2 is 1.12 bits per heavy atom. The maximum atomic E-state index is 2.31. The van der Waals surface area contributed by atoms with Gasteiger partial charge >= 0.3 is 0 Å². The van der Waals surface area contributed by atoms with Gasteiger partial charge in [0.1, 0.15) is 6.17 Å². The van der Waals surface area contributed by atoms with E-state index in [9.17, 15) is 0 Å². The van der Waals surface area contributed by atoms with Crippen molar-refractivity contribution < 1.29 is 0 Å². The molecule has 1 atom stereocenters. The number of hydrogen-bond acceptors (Lipinski definition) is 3. The molecule has 1 heterocycles. The van der Waals surface area contributed by atoms with Crippen LogP contribution in [0.2, 0.25) is 0 Å². The first kappa shape index (κ1) is 14.8. The van der Waals surface area contributed by atoms with E-state index < -0.39 is 0 Å². The van der Waals surface area contributed by atoms with E-state index in [-0.39, 0.29) is 6.17 Å². The zero-order valence-electron chi connectivity index (χ0n) is 13.7. The molecular formula is C21H20N3. The van der Waals surface area contributed by atoms with Crippen molar-refractivity contribution >= 4 is 11.4 Å². The maximum absolute atomic E-state index is 2.31. The maximum Gasteiger partial charge on any atom is 0.159 e. The van der Waals surface area contributed by atoms with Crippen LogP contribution in [0.25, 0.3) is 0 Å². The van der Waals surface area contributed by atoms with Crippen LogP contribution in [-0.2, 0) is 0 Å². The standard InChI is InChI=1S/C21H20N3/c1-22-21(18-11-5-2-6-12-18)23(19-13-7-3-8-14-19)17-24(22)20-15-9-4-10-16-20/h2-17,21H,1H3. The van der Waals surface area contributed by atoms with E-state index in [0.717, 1.165) is 5.69 Å². The summed E-state index contributed by atoms with van der Waals surface area (Å²) in [5.41, 5.74) is 3.59. The van der Waals surface area contributed by atoms with E-state index in [1.807, 2.05) is 6.07 Å². The van der Waals surface area contributed by atoms with Crippen LogP contribution >= 0.6 is 0 Å². The molecule has 1 saturated heterocycles. The summed E-state index contributed by atoms with van der Waals surface area (Å²) in [4.78, 5) is 2.31. The van der Waals surface area contributed by atoms with Gasteiger partial charge in [0.2, 0.25) is 0 Å². The summed E-state index contributed by atoms with van der Waals surface area (Å²) in [5.74, 6) is 0. The number of hydrazine groups is 1. The van der Waals surface area contributed by atoms with Crippen molar-refractivity contribution in [3.05, 3.63) is 103 Å². The fourth-order valence-electron chi connectivity index (χ4n) is 3.20. The van der Waals surface area contributed by atoms with Crippen LogP contribution in [0.5, 0.6) is 0 Å². The van der Waals surface area contributed by atoms with E-state index in [2.05, 4.69) is 114 Å². The minimum Gasteiger partial charge on any atom is -0.325 e. The monoisotopic (exact) mass is 314 g/mol. The highest BCUT2D eigenvalue weighted by molar-refractivity contribution is 5.58. The first-order valence-electron chi connectivity index (χ1n) is 8.15. The van der Waals surface area contributed by atoms with Crippen molar-refractivity contribution in [1.82, 2.24) is 5.01 Å². The van der Waals surface area contributed by atoms with Crippen LogP contribution in [0, 0.1) is 6.67 Å². The van der Waals surface area contributed by atoms with Crippen molar-refractivity contribution in [3.8, 4) is 0 Å². The molecule has 0 amide bonds. The Morgan fingerprint density at radius 3 is 1.71 bits per heavy atom. The molecule has 0 spiro atoms. The van der Waals surface area contributed by atoms with Crippen LogP contribution in [0.1, 0.15) is 11.7 Å². The molecule has 0 bridgehead atoms. The van der Waals surface area contributed by atoms with Crippen molar-refractivity contribution in [3.63, 3.8) is 0 Å². The predicted molar refractivity (Wildman–Crippen MR) is 99.1 cm³/mol. The van der Waals surface area contributed by atoms with Gasteiger partial charge in [-0.15, -0.1) is 0 Å². The van der Waals surface area contributed by atoms with Crippen molar-refractivity contribution in [2.75, 3.05) is 17.0 Å². The van der Waals surface area contributed by atoms with E-state index in [0.29, 0.717) is 0 Å². The Labute approximate surface area is 143 Å². The van der Waals surface area contributed by atoms with Gasteiger partial charge < -0.3 is 4.90 Å².